The number of ether oxygens (including phenoxy) is 3. The smallest absolute Gasteiger partial charge is 0.438 e. The van der Waals surface area contributed by atoms with Crippen LogP contribution >= 0.6 is 0 Å². The minimum Gasteiger partial charge on any atom is -0.489 e. The highest BCUT2D eigenvalue weighted by molar-refractivity contribution is 6.06. The van der Waals surface area contributed by atoms with Crippen LogP contribution in [-0.4, -0.2) is 37.8 Å². The molecule has 1 amide bonds. The maximum atomic E-state index is 11.5. The summed E-state index contributed by atoms with van der Waals surface area (Å²) in [6.45, 7) is 0.482. The first-order valence-electron chi connectivity index (χ1n) is 7.79. The molecular weight excluding hydrogens is 340 g/mol. The molecule has 1 aliphatic rings. The van der Waals surface area contributed by atoms with Crippen LogP contribution in [0.25, 0.3) is 0 Å². The molecule has 0 aromatic heterocycles. The van der Waals surface area contributed by atoms with E-state index in [1.807, 2.05) is 6.07 Å². The van der Waals surface area contributed by atoms with Gasteiger partial charge in [-0.15, -0.1) is 0 Å². The van der Waals surface area contributed by atoms with E-state index in [-0.39, 0.29) is 12.3 Å². The molecule has 0 saturated carbocycles. The van der Waals surface area contributed by atoms with E-state index in [4.69, 9.17) is 14.3 Å². The summed E-state index contributed by atoms with van der Waals surface area (Å²) in [7, 11) is 2.68. The quantitative estimate of drug-likeness (QED) is 0.653. The van der Waals surface area contributed by atoms with Crippen LogP contribution in [0.1, 0.15) is 11.1 Å². The Hall–Kier alpha value is -3.26. The minimum atomic E-state index is -0.881. The lowest BCUT2D eigenvalue weighted by atomic mass is 10.1. The number of anilines is 1. The van der Waals surface area contributed by atoms with Gasteiger partial charge in [0.25, 0.3) is 0 Å². The topological polar surface area (TPSA) is 89.8 Å². The molecule has 136 valence electrons. The number of nitrogens with zero attached hydrogens (tertiary/aromatic N) is 2. The van der Waals surface area contributed by atoms with Crippen molar-refractivity contribution in [1.29, 1.82) is 0 Å². The maximum Gasteiger partial charge on any atom is 0.438 e. The summed E-state index contributed by atoms with van der Waals surface area (Å²) < 4.78 is 15.9. The number of methoxy groups -OCH3 is 1. The summed E-state index contributed by atoms with van der Waals surface area (Å²) in [6, 6.07) is 12.2. The first-order valence-corrected chi connectivity index (χ1v) is 7.79. The highest BCUT2D eigenvalue weighted by atomic mass is 16.6. The predicted octanol–water partition coefficient (Wildman–Crippen LogP) is 2.97. The van der Waals surface area contributed by atoms with Crippen LogP contribution in [0.5, 0.6) is 11.5 Å². The van der Waals surface area contributed by atoms with Gasteiger partial charge in [0, 0.05) is 17.2 Å². The van der Waals surface area contributed by atoms with Gasteiger partial charge in [0.05, 0.1) is 12.8 Å². The fourth-order valence-corrected chi connectivity index (χ4v) is 2.55. The van der Waals surface area contributed by atoms with Crippen LogP contribution in [0.2, 0.25) is 0 Å². The normalized spacial score (nSPS) is 13.7. The first kappa shape index (κ1) is 17.6. The number of para-hydroxylation sites is 1. The van der Waals surface area contributed by atoms with E-state index in [2.05, 4.69) is 9.89 Å². The van der Waals surface area contributed by atoms with Crippen molar-refractivity contribution >= 4 is 17.5 Å². The fraction of sp³-hybridized carbons (Fsp3) is 0.222. The Morgan fingerprint density at radius 1 is 1.27 bits per heavy atom. The lowest BCUT2D eigenvalue weighted by Gasteiger charge is -2.17. The van der Waals surface area contributed by atoms with Crippen molar-refractivity contribution in [2.24, 2.45) is 5.16 Å². The molecule has 2 aromatic carbocycles. The van der Waals surface area contributed by atoms with E-state index in [0.29, 0.717) is 34.4 Å². The van der Waals surface area contributed by atoms with Crippen molar-refractivity contribution in [1.82, 2.24) is 0 Å². The molecule has 0 saturated heterocycles. The first-order chi connectivity index (χ1) is 12.6. The monoisotopic (exact) mass is 358 g/mol. The Balaban J connectivity index is 1.75. The number of amides is 1. The number of hydrogen-bond donors (Lipinski definition) is 1. The second-order valence-corrected chi connectivity index (χ2v) is 5.37. The number of hydrogen-bond acceptors (Lipinski definition) is 7. The third kappa shape index (κ3) is 3.55. The van der Waals surface area contributed by atoms with Crippen molar-refractivity contribution in [2.45, 2.75) is 6.61 Å². The van der Waals surface area contributed by atoms with Crippen molar-refractivity contribution in [3.8, 4) is 11.5 Å². The van der Waals surface area contributed by atoms with Crippen molar-refractivity contribution < 1.29 is 29.0 Å². The number of carbonyl (C=O) groups excluding carboxylic acids is 1. The number of benzene rings is 2. The number of carbonyl (C=O) groups is 1. The second kappa shape index (κ2) is 7.75. The number of oxime groups is 1. The maximum absolute atomic E-state index is 11.5. The molecular formula is C18H18N2O6. The largest absolute Gasteiger partial charge is 0.489 e. The molecule has 0 spiro atoms. The van der Waals surface area contributed by atoms with E-state index in [1.54, 1.807) is 36.4 Å². The number of rotatable bonds is 5. The molecule has 0 unspecified atom stereocenters. The Morgan fingerprint density at radius 2 is 2.08 bits per heavy atom. The average molecular weight is 358 g/mol. The summed E-state index contributed by atoms with van der Waals surface area (Å²) in [5.41, 5.74) is 2.47. The van der Waals surface area contributed by atoms with Crippen LogP contribution in [0.15, 0.2) is 47.6 Å². The lowest BCUT2D eigenvalue weighted by Crippen LogP contribution is -2.27. The van der Waals surface area contributed by atoms with E-state index in [1.165, 1.54) is 14.2 Å². The summed E-state index contributed by atoms with van der Waals surface area (Å²) in [6.07, 6.45) is -0.881. The molecule has 0 aliphatic carbocycles. The van der Waals surface area contributed by atoms with E-state index >= 15 is 0 Å². The zero-order valence-corrected chi connectivity index (χ0v) is 14.3. The van der Waals surface area contributed by atoms with Gasteiger partial charge in [0.15, 0.2) is 0 Å². The molecule has 0 fully saturated rings. The van der Waals surface area contributed by atoms with Gasteiger partial charge in [-0.2, -0.15) is 5.06 Å². The summed E-state index contributed by atoms with van der Waals surface area (Å²) in [5, 5.41) is 14.3. The molecule has 1 heterocycles. The Kier molecular flexibility index (Phi) is 5.23. The van der Waals surface area contributed by atoms with Gasteiger partial charge in [0.2, 0.25) is 0 Å². The lowest BCUT2D eigenvalue weighted by molar-refractivity contribution is 0.140. The molecule has 1 aliphatic heterocycles. The second-order valence-electron chi connectivity index (χ2n) is 5.37. The van der Waals surface area contributed by atoms with Crippen molar-refractivity contribution in [2.75, 3.05) is 25.9 Å². The summed E-state index contributed by atoms with van der Waals surface area (Å²) >= 11 is 0. The fourth-order valence-electron chi connectivity index (χ4n) is 2.55. The number of fused-ring (bicyclic) bond motifs is 1. The minimum absolute atomic E-state index is 0.141. The molecule has 8 heteroatoms. The molecule has 1 N–H and O–H groups in total. The van der Waals surface area contributed by atoms with E-state index in [0.717, 1.165) is 5.56 Å². The van der Waals surface area contributed by atoms with Gasteiger partial charge < -0.3 is 19.0 Å². The zero-order valence-electron chi connectivity index (χ0n) is 14.3. The Labute approximate surface area is 150 Å². The van der Waals surface area contributed by atoms with Crippen LogP contribution in [0.4, 0.5) is 10.5 Å². The van der Waals surface area contributed by atoms with Gasteiger partial charge in [-0.25, -0.2) is 4.79 Å². The molecule has 3 rings (SSSR count). The summed E-state index contributed by atoms with van der Waals surface area (Å²) in [5.74, 6) is 1.24. The number of hydroxylamine groups is 1. The van der Waals surface area contributed by atoms with Gasteiger partial charge in [0.1, 0.15) is 37.5 Å². The average Bonchev–Trinajstić information content (AvgIpc) is 3.08. The van der Waals surface area contributed by atoms with E-state index in [9.17, 15) is 10.0 Å². The third-order valence-corrected chi connectivity index (χ3v) is 3.79. The zero-order chi connectivity index (χ0) is 18.5. The van der Waals surface area contributed by atoms with Gasteiger partial charge in [-0.05, 0) is 18.2 Å². The van der Waals surface area contributed by atoms with Crippen molar-refractivity contribution in [3.63, 3.8) is 0 Å². The SMILES string of the molecule is CO/N=C1\COc2cc(OCc3ccccc3N(O)C(=O)OC)ccc21. The van der Waals surface area contributed by atoms with E-state index < -0.39 is 6.09 Å². The molecule has 8 nitrogen and oxygen atoms in total. The highest BCUT2D eigenvalue weighted by Gasteiger charge is 2.21. The standard InChI is InChI=1S/C18H18N2O6/c1-23-18(21)20(22)16-6-4-3-5-12(16)10-25-13-7-8-14-15(19-24-2)11-26-17(14)9-13/h3-9,22H,10-11H2,1-2H3/b19-15+. The van der Waals surface area contributed by atoms with Crippen LogP contribution < -0.4 is 14.5 Å². The molecule has 0 radical (unpaired) electrons. The Bertz CT molecular complexity index is 836. The molecule has 0 bridgehead atoms. The van der Waals surface area contributed by atoms with Gasteiger partial charge in [-0.3, -0.25) is 5.21 Å². The third-order valence-electron chi connectivity index (χ3n) is 3.79. The molecule has 2 aromatic rings. The van der Waals surface area contributed by atoms with Gasteiger partial charge >= 0.3 is 6.09 Å². The van der Waals surface area contributed by atoms with Crippen LogP contribution in [-0.2, 0) is 16.2 Å². The van der Waals surface area contributed by atoms with Crippen molar-refractivity contribution in [3.05, 3.63) is 53.6 Å². The van der Waals surface area contributed by atoms with Gasteiger partial charge in [-0.1, -0.05) is 23.4 Å². The Morgan fingerprint density at radius 3 is 2.85 bits per heavy atom. The molecule has 26 heavy (non-hydrogen) atoms. The van der Waals surface area contributed by atoms with Crippen LogP contribution in [0, 0.1) is 0 Å². The van der Waals surface area contributed by atoms with Crippen LogP contribution in [0.3, 0.4) is 0 Å². The predicted molar refractivity (Wildman–Crippen MR) is 92.9 cm³/mol. The highest BCUT2D eigenvalue weighted by Crippen LogP contribution is 2.31. The molecule has 0 atom stereocenters. The summed E-state index contributed by atoms with van der Waals surface area (Å²) in [4.78, 5) is 16.3.